The number of nitrogens with one attached hydrogen (secondary N) is 1. The lowest BCUT2D eigenvalue weighted by atomic mass is 9.81. The fourth-order valence-corrected chi connectivity index (χ4v) is 3.67. The van der Waals surface area contributed by atoms with Crippen molar-refractivity contribution in [3.8, 4) is 0 Å². The molecule has 1 aliphatic carbocycles. The van der Waals surface area contributed by atoms with E-state index in [1.807, 2.05) is 6.07 Å². The number of benzene rings is 1. The van der Waals surface area contributed by atoms with Crippen LogP contribution < -0.4 is 10.5 Å². The number of para-hydroxylation sites is 1. The van der Waals surface area contributed by atoms with E-state index in [1.54, 1.807) is 18.2 Å². The third-order valence-electron chi connectivity index (χ3n) is 4.32. The summed E-state index contributed by atoms with van der Waals surface area (Å²) in [7, 11) is -3.66. The number of rotatable bonds is 5. The predicted octanol–water partition coefficient (Wildman–Crippen LogP) is 2.96. The van der Waals surface area contributed by atoms with E-state index in [9.17, 15) is 8.42 Å². The van der Waals surface area contributed by atoms with Crippen LogP contribution in [-0.4, -0.2) is 15.0 Å². The zero-order valence-corrected chi connectivity index (χ0v) is 12.8. The molecule has 0 atom stereocenters. The molecule has 1 aromatic carbocycles. The fraction of sp³-hybridized carbons (Fsp3) is 0.600. The van der Waals surface area contributed by atoms with Gasteiger partial charge in [0.15, 0.2) is 0 Å². The molecule has 3 N–H and O–H groups in total. The van der Waals surface area contributed by atoms with Gasteiger partial charge in [0, 0.05) is 6.54 Å². The van der Waals surface area contributed by atoms with Gasteiger partial charge in [-0.05, 0) is 36.8 Å². The zero-order valence-electron chi connectivity index (χ0n) is 12.0. The lowest BCUT2D eigenvalue weighted by molar-refractivity contribution is 0.278. The van der Waals surface area contributed by atoms with E-state index in [0.717, 1.165) is 12.5 Å². The van der Waals surface area contributed by atoms with Crippen molar-refractivity contribution in [3.63, 3.8) is 0 Å². The summed E-state index contributed by atoms with van der Waals surface area (Å²) < 4.78 is 23.0. The quantitative estimate of drug-likeness (QED) is 0.877. The molecule has 0 heterocycles. The van der Waals surface area contributed by atoms with Gasteiger partial charge in [0.2, 0.25) is 10.0 Å². The van der Waals surface area contributed by atoms with Gasteiger partial charge in [-0.1, -0.05) is 38.3 Å². The number of sulfonamides is 1. The van der Waals surface area contributed by atoms with Gasteiger partial charge in [0.05, 0.1) is 5.69 Å². The summed E-state index contributed by atoms with van der Waals surface area (Å²) in [4.78, 5) is 0.183. The molecule has 1 saturated carbocycles. The van der Waals surface area contributed by atoms with Crippen LogP contribution in [0.5, 0.6) is 0 Å². The molecular weight excluding hydrogens is 272 g/mol. The van der Waals surface area contributed by atoms with Crippen molar-refractivity contribution in [2.24, 2.45) is 17.0 Å². The maximum atomic E-state index is 11.5. The van der Waals surface area contributed by atoms with E-state index in [2.05, 4.69) is 12.2 Å². The lowest BCUT2D eigenvalue weighted by Gasteiger charge is -2.28. The van der Waals surface area contributed by atoms with Crippen molar-refractivity contribution in [2.75, 3.05) is 11.9 Å². The van der Waals surface area contributed by atoms with Gasteiger partial charge >= 0.3 is 0 Å². The Morgan fingerprint density at radius 3 is 2.35 bits per heavy atom. The number of hydrogen-bond donors (Lipinski definition) is 2. The summed E-state index contributed by atoms with van der Waals surface area (Å²) in [5.41, 5.74) is 0.618. The van der Waals surface area contributed by atoms with Crippen molar-refractivity contribution in [3.05, 3.63) is 24.3 Å². The van der Waals surface area contributed by atoms with Gasteiger partial charge in [-0.25, -0.2) is 13.6 Å². The van der Waals surface area contributed by atoms with Crippen LogP contribution in [-0.2, 0) is 10.0 Å². The van der Waals surface area contributed by atoms with E-state index >= 15 is 0 Å². The number of nitrogens with two attached hydrogens (primary N) is 1. The minimum Gasteiger partial charge on any atom is -0.384 e. The molecule has 1 aliphatic rings. The molecule has 0 saturated heterocycles. The minimum absolute atomic E-state index is 0.183. The van der Waals surface area contributed by atoms with E-state index < -0.39 is 10.0 Å². The van der Waals surface area contributed by atoms with E-state index in [1.165, 1.54) is 32.1 Å². The summed E-state index contributed by atoms with van der Waals surface area (Å²) >= 11 is 0. The molecule has 0 aromatic heterocycles. The highest BCUT2D eigenvalue weighted by molar-refractivity contribution is 7.89. The fourth-order valence-electron chi connectivity index (χ4n) is 2.96. The number of primary sulfonamides is 1. The van der Waals surface area contributed by atoms with Crippen LogP contribution >= 0.6 is 0 Å². The third kappa shape index (κ3) is 3.96. The first-order valence-corrected chi connectivity index (χ1v) is 8.91. The lowest BCUT2D eigenvalue weighted by Crippen LogP contribution is -2.22. The Bertz CT molecular complexity index is 535. The summed E-state index contributed by atoms with van der Waals surface area (Å²) in [6, 6.07) is 6.84. The largest absolute Gasteiger partial charge is 0.384 e. The van der Waals surface area contributed by atoms with E-state index in [0.29, 0.717) is 11.6 Å². The summed E-state index contributed by atoms with van der Waals surface area (Å²) in [5.74, 6) is 1.51. The highest BCUT2D eigenvalue weighted by atomic mass is 32.2. The molecule has 112 valence electrons. The molecule has 1 aromatic rings. The normalized spacial score (nSPS) is 23.5. The second-order valence-electron chi connectivity index (χ2n) is 5.72. The molecule has 0 spiro atoms. The topological polar surface area (TPSA) is 72.2 Å². The van der Waals surface area contributed by atoms with Crippen molar-refractivity contribution in [1.82, 2.24) is 0 Å². The molecular formula is C15H24N2O2S. The first-order valence-electron chi connectivity index (χ1n) is 7.36. The van der Waals surface area contributed by atoms with E-state index in [-0.39, 0.29) is 4.90 Å². The maximum absolute atomic E-state index is 11.5. The molecule has 20 heavy (non-hydrogen) atoms. The SMILES string of the molecule is CCC1CCC(CNc2ccccc2S(N)(=O)=O)CC1. The highest BCUT2D eigenvalue weighted by Crippen LogP contribution is 2.31. The Hall–Kier alpha value is -1.07. The molecule has 0 unspecified atom stereocenters. The van der Waals surface area contributed by atoms with Crippen molar-refractivity contribution in [1.29, 1.82) is 0 Å². The monoisotopic (exact) mass is 296 g/mol. The van der Waals surface area contributed by atoms with Crippen molar-refractivity contribution >= 4 is 15.7 Å². The second kappa shape index (κ2) is 6.59. The van der Waals surface area contributed by atoms with Gasteiger partial charge in [-0.3, -0.25) is 0 Å². The second-order valence-corrected chi connectivity index (χ2v) is 7.25. The Kier molecular flexibility index (Phi) is 5.05. The maximum Gasteiger partial charge on any atom is 0.240 e. The van der Waals surface area contributed by atoms with Crippen molar-refractivity contribution < 1.29 is 8.42 Å². The van der Waals surface area contributed by atoms with Crippen LogP contribution in [0, 0.1) is 11.8 Å². The summed E-state index contributed by atoms with van der Waals surface area (Å²) in [6.45, 7) is 3.08. The van der Waals surface area contributed by atoms with Gasteiger partial charge in [-0.15, -0.1) is 0 Å². The Morgan fingerprint density at radius 2 is 1.75 bits per heavy atom. The first-order chi connectivity index (χ1) is 9.50. The smallest absolute Gasteiger partial charge is 0.240 e. The van der Waals surface area contributed by atoms with Crippen LogP contribution in [0.3, 0.4) is 0 Å². The molecule has 0 bridgehead atoms. The van der Waals surface area contributed by atoms with E-state index in [4.69, 9.17) is 5.14 Å². The molecule has 4 nitrogen and oxygen atoms in total. The minimum atomic E-state index is -3.66. The van der Waals surface area contributed by atoms with Crippen LogP contribution in [0.4, 0.5) is 5.69 Å². The van der Waals surface area contributed by atoms with Gasteiger partial charge < -0.3 is 5.32 Å². The van der Waals surface area contributed by atoms with Gasteiger partial charge in [0.1, 0.15) is 4.90 Å². The Morgan fingerprint density at radius 1 is 1.15 bits per heavy atom. The first kappa shape index (κ1) is 15.3. The highest BCUT2D eigenvalue weighted by Gasteiger charge is 2.20. The summed E-state index contributed by atoms with van der Waals surface area (Å²) in [5, 5.41) is 8.50. The zero-order chi connectivity index (χ0) is 14.6. The number of anilines is 1. The van der Waals surface area contributed by atoms with Crippen LogP contribution in [0.2, 0.25) is 0 Å². The third-order valence-corrected chi connectivity index (χ3v) is 5.29. The molecule has 5 heteroatoms. The van der Waals surface area contributed by atoms with Crippen LogP contribution in [0.15, 0.2) is 29.2 Å². The number of hydrogen-bond acceptors (Lipinski definition) is 3. The summed E-state index contributed by atoms with van der Waals surface area (Å²) in [6.07, 6.45) is 6.31. The molecule has 1 fully saturated rings. The van der Waals surface area contributed by atoms with Gasteiger partial charge in [0.25, 0.3) is 0 Å². The van der Waals surface area contributed by atoms with Crippen LogP contribution in [0.25, 0.3) is 0 Å². The Labute approximate surface area is 121 Å². The molecule has 0 amide bonds. The average molecular weight is 296 g/mol. The molecule has 0 radical (unpaired) electrons. The predicted molar refractivity (Wildman–Crippen MR) is 82.0 cm³/mol. The average Bonchev–Trinajstić information content (AvgIpc) is 2.45. The Balaban J connectivity index is 1.95. The van der Waals surface area contributed by atoms with Gasteiger partial charge in [-0.2, -0.15) is 0 Å². The van der Waals surface area contributed by atoms with Crippen LogP contribution in [0.1, 0.15) is 39.0 Å². The standard InChI is InChI=1S/C15H24N2O2S/c1-2-12-7-9-13(10-8-12)11-17-14-5-3-4-6-15(14)20(16,18)19/h3-6,12-13,17H,2,7-11H2,1H3,(H2,16,18,19). The molecule has 2 rings (SSSR count). The molecule has 0 aliphatic heterocycles. The van der Waals surface area contributed by atoms with Crippen molar-refractivity contribution in [2.45, 2.75) is 43.9 Å².